The molecule has 0 atom stereocenters. The smallest absolute Gasteiger partial charge is 0.278 e. The number of nitrogens with one attached hydrogen (secondary N) is 2. The molecule has 0 fully saturated rings. The van der Waals surface area contributed by atoms with E-state index in [4.69, 9.17) is 12.3 Å². The van der Waals surface area contributed by atoms with Crippen LogP contribution >= 0.6 is 0 Å². The minimum absolute atomic E-state index is 0.152. The highest BCUT2D eigenvalue weighted by Gasteiger charge is 2.08. The zero-order chi connectivity index (χ0) is 10.8. The average molecular weight is 204 g/mol. The number of aromatic amines is 2. The van der Waals surface area contributed by atoms with Crippen LogP contribution in [0.5, 0.6) is 0 Å². The lowest BCUT2D eigenvalue weighted by atomic mass is 10.5. The molecule has 0 aliphatic rings. The summed E-state index contributed by atoms with van der Waals surface area (Å²) in [6.07, 6.45) is 6.47. The van der Waals surface area contributed by atoms with Crippen LogP contribution in [0.1, 0.15) is 0 Å². The van der Waals surface area contributed by atoms with Crippen molar-refractivity contribution in [3.8, 4) is 12.3 Å². The molecule has 0 unspecified atom stereocenters. The maximum Gasteiger partial charge on any atom is 0.278 e. The lowest BCUT2D eigenvalue weighted by Crippen LogP contribution is -2.34. The largest absolute Gasteiger partial charge is 0.339 e. The van der Waals surface area contributed by atoms with Crippen molar-refractivity contribution < 1.29 is 0 Å². The van der Waals surface area contributed by atoms with Crippen molar-refractivity contribution in [2.75, 3.05) is 11.6 Å². The molecule has 2 heterocycles. The van der Waals surface area contributed by atoms with Crippen molar-refractivity contribution in [1.82, 2.24) is 19.9 Å². The molecule has 76 valence electrons. The van der Waals surface area contributed by atoms with Gasteiger partial charge in [0.2, 0.25) is 5.95 Å². The maximum absolute atomic E-state index is 11.5. The van der Waals surface area contributed by atoms with Gasteiger partial charge in [-0.3, -0.25) is 14.8 Å². The molecule has 0 saturated carbocycles. The van der Waals surface area contributed by atoms with Crippen LogP contribution in [0.25, 0.3) is 11.2 Å². The Kier molecular flexibility index (Phi) is 2.11. The highest BCUT2D eigenvalue weighted by molar-refractivity contribution is 5.69. The molecular formula is C8H8N6O. The summed E-state index contributed by atoms with van der Waals surface area (Å²) in [5.41, 5.74) is 0.286. The van der Waals surface area contributed by atoms with E-state index < -0.39 is 0 Å². The van der Waals surface area contributed by atoms with Crippen LogP contribution in [0.4, 0.5) is 5.95 Å². The van der Waals surface area contributed by atoms with Crippen molar-refractivity contribution >= 4 is 17.1 Å². The van der Waals surface area contributed by atoms with Gasteiger partial charge < -0.3 is 4.98 Å². The van der Waals surface area contributed by atoms with Gasteiger partial charge in [0.25, 0.3) is 5.56 Å². The molecule has 2 aromatic rings. The van der Waals surface area contributed by atoms with E-state index in [9.17, 15) is 4.79 Å². The molecule has 4 N–H and O–H groups in total. The summed E-state index contributed by atoms with van der Waals surface area (Å²) in [5, 5.41) is 1.16. The Labute approximate surface area is 84.3 Å². The Bertz CT molecular complexity index is 577. The second-order valence-electron chi connectivity index (χ2n) is 2.82. The Morgan fingerprint density at radius 1 is 1.67 bits per heavy atom. The number of nitrogens with zero attached hydrogens (tertiary/aromatic N) is 3. The average Bonchev–Trinajstić information content (AvgIpc) is 2.66. The van der Waals surface area contributed by atoms with Gasteiger partial charge in [-0.05, 0) is 0 Å². The fourth-order valence-corrected chi connectivity index (χ4v) is 1.14. The molecule has 7 nitrogen and oxygen atoms in total. The molecule has 0 saturated heterocycles. The number of terminal acetylenes is 1. The fourth-order valence-electron chi connectivity index (χ4n) is 1.14. The standard InChI is InChI=1S/C8H8N6O/c1-2-3-14(9)8-12-6-5(7(15)13-8)10-4-11-6/h1,4H,3,9H2,(H2,10,11,12,13,15). The molecule has 0 amide bonds. The predicted octanol–water partition coefficient (Wildman–Crippen LogP) is -1.04. The van der Waals surface area contributed by atoms with Gasteiger partial charge in [-0.15, -0.1) is 6.42 Å². The number of rotatable bonds is 2. The van der Waals surface area contributed by atoms with Crippen LogP contribution in [-0.2, 0) is 0 Å². The zero-order valence-electron chi connectivity index (χ0n) is 7.69. The summed E-state index contributed by atoms with van der Waals surface area (Å²) < 4.78 is 0. The van der Waals surface area contributed by atoms with E-state index in [1.54, 1.807) is 0 Å². The predicted molar refractivity (Wildman–Crippen MR) is 54.9 cm³/mol. The number of anilines is 1. The van der Waals surface area contributed by atoms with Gasteiger partial charge in [-0.2, -0.15) is 4.98 Å². The second kappa shape index (κ2) is 3.43. The van der Waals surface area contributed by atoms with E-state index in [-0.39, 0.29) is 18.1 Å². The van der Waals surface area contributed by atoms with Crippen molar-refractivity contribution in [2.45, 2.75) is 0 Å². The highest BCUT2D eigenvalue weighted by atomic mass is 16.1. The Hall–Kier alpha value is -2.33. The normalized spacial score (nSPS) is 10.1. The van der Waals surface area contributed by atoms with Gasteiger partial charge in [-0.25, -0.2) is 10.8 Å². The number of H-pyrrole nitrogens is 2. The number of imidazole rings is 1. The SMILES string of the molecule is C#CCN(N)c1nc2nc[nH]c2c(=O)[nH]1. The number of hydrogen-bond donors (Lipinski definition) is 3. The first-order valence-electron chi connectivity index (χ1n) is 4.11. The first-order valence-corrected chi connectivity index (χ1v) is 4.11. The maximum atomic E-state index is 11.5. The van der Waals surface area contributed by atoms with Gasteiger partial charge in [0, 0.05) is 0 Å². The molecule has 0 radical (unpaired) electrons. The Morgan fingerprint density at radius 2 is 2.47 bits per heavy atom. The zero-order valence-corrected chi connectivity index (χ0v) is 7.69. The van der Waals surface area contributed by atoms with Crippen LogP contribution in [0.15, 0.2) is 11.1 Å². The lowest BCUT2D eigenvalue weighted by molar-refractivity contribution is 0.885. The van der Waals surface area contributed by atoms with Gasteiger partial charge >= 0.3 is 0 Å². The molecule has 0 aliphatic heterocycles. The van der Waals surface area contributed by atoms with Crippen molar-refractivity contribution in [2.24, 2.45) is 5.84 Å². The summed E-state index contributed by atoms with van der Waals surface area (Å²) in [4.78, 5) is 24.5. The minimum Gasteiger partial charge on any atom is -0.339 e. The molecule has 2 rings (SSSR count). The first-order chi connectivity index (χ1) is 7.22. The molecule has 0 spiro atoms. The van der Waals surface area contributed by atoms with Crippen LogP contribution in [0.2, 0.25) is 0 Å². The molecule has 0 aromatic carbocycles. The number of nitrogens with two attached hydrogens (primary N) is 1. The summed E-state index contributed by atoms with van der Waals surface area (Å²) in [6.45, 7) is 0.152. The number of hydrogen-bond acceptors (Lipinski definition) is 5. The number of fused-ring (bicyclic) bond motifs is 1. The van der Waals surface area contributed by atoms with E-state index >= 15 is 0 Å². The third-order valence-electron chi connectivity index (χ3n) is 1.82. The molecule has 2 aromatic heterocycles. The minimum atomic E-state index is -0.333. The molecular weight excluding hydrogens is 196 g/mol. The molecule has 7 heteroatoms. The highest BCUT2D eigenvalue weighted by Crippen LogP contribution is 2.04. The van der Waals surface area contributed by atoms with E-state index in [1.807, 2.05) is 0 Å². The Morgan fingerprint density at radius 3 is 3.20 bits per heavy atom. The van der Waals surface area contributed by atoms with Gasteiger partial charge in [0.1, 0.15) is 0 Å². The van der Waals surface area contributed by atoms with Gasteiger partial charge in [-0.1, -0.05) is 5.92 Å². The third-order valence-corrected chi connectivity index (χ3v) is 1.82. The van der Waals surface area contributed by atoms with Crippen LogP contribution in [0.3, 0.4) is 0 Å². The summed E-state index contributed by atoms with van der Waals surface area (Å²) >= 11 is 0. The molecule has 0 bridgehead atoms. The Balaban J connectivity index is 2.55. The van der Waals surface area contributed by atoms with E-state index in [0.717, 1.165) is 5.01 Å². The van der Waals surface area contributed by atoms with Crippen molar-refractivity contribution in [3.63, 3.8) is 0 Å². The second-order valence-corrected chi connectivity index (χ2v) is 2.82. The summed E-state index contributed by atoms with van der Waals surface area (Å²) in [6, 6.07) is 0. The first kappa shape index (κ1) is 9.23. The van der Waals surface area contributed by atoms with Crippen molar-refractivity contribution in [3.05, 3.63) is 16.7 Å². The number of aromatic nitrogens is 4. The van der Waals surface area contributed by atoms with E-state index in [0.29, 0.717) is 11.2 Å². The topological polar surface area (TPSA) is 104 Å². The fraction of sp³-hybridized carbons (Fsp3) is 0.125. The van der Waals surface area contributed by atoms with Gasteiger partial charge in [0.05, 0.1) is 12.9 Å². The monoisotopic (exact) mass is 204 g/mol. The van der Waals surface area contributed by atoms with Crippen LogP contribution < -0.4 is 16.4 Å². The quantitative estimate of drug-likeness (QED) is 0.329. The van der Waals surface area contributed by atoms with E-state index in [1.165, 1.54) is 6.33 Å². The number of hydrazine groups is 1. The summed E-state index contributed by atoms with van der Waals surface area (Å²) in [5.74, 6) is 8.08. The third kappa shape index (κ3) is 1.53. The van der Waals surface area contributed by atoms with Crippen LogP contribution in [0, 0.1) is 12.3 Å². The molecule has 15 heavy (non-hydrogen) atoms. The van der Waals surface area contributed by atoms with Gasteiger partial charge in [0.15, 0.2) is 11.2 Å². The molecule has 0 aliphatic carbocycles. The van der Waals surface area contributed by atoms with Crippen LogP contribution in [-0.4, -0.2) is 26.5 Å². The lowest BCUT2D eigenvalue weighted by Gasteiger charge is -2.12. The summed E-state index contributed by atoms with van der Waals surface area (Å²) in [7, 11) is 0. The van der Waals surface area contributed by atoms with Crippen molar-refractivity contribution in [1.29, 1.82) is 0 Å². The van der Waals surface area contributed by atoms with E-state index in [2.05, 4.69) is 25.9 Å².